The molecular formula is C11H12Cl2F3NO2. The predicted molar refractivity (Wildman–Crippen MR) is 67.8 cm³/mol. The van der Waals surface area contributed by atoms with E-state index in [-0.39, 0.29) is 27.8 Å². The molecule has 0 amide bonds. The summed E-state index contributed by atoms with van der Waals surface area (Å²) in [5.74, 6) is 0. The van der Waals surface area contributed by atoms with Gasteiger partial charge in [-0.15, -0.1) is 0 Å². The third kappa shape index (κ3) is 3.89. The van der Waals surface area contributed by atoms with E-state index >= 15 is 0 Å². The quantitative estimate of drug-likeness (QED) is 0.800. The number of aliphatic hydroxyl groups is 2. The number of hydrogen-bond donors (Lipinski definition) is 3. The lowest BCUT2D eigenvalue weighted by molar-refractivity contribution is -0.138. The molecule has 1 rings (SSSR count). The minimum absolute atomic E-state index is 0.00556. The number of benzene rings is 1. The van der Waals surface area contributed by atoms with Gasteiger partial charge in [-0.05, 0) is 18.6 Å². The van der Waals surface area contributed by atoms with Crippen molar-refractivity contribution >= 4 is 28.9 Å². The topological polar surface area (TPSA) is 52.5 Å². The zero-order valence-electron chi connectivity index (χ0n) is 9.85. The van der Waals surface area contributed by atoms with Crippen LogP contribution in [-0.4, -0.2) is 29.5 Å². The molecule has 0 saturated heterocycles. The fourth-order valence-electron chi connectivity index (χ4n) is 1.51. The average Bonchev–Trinajstić information content (AvgIpc) is 2.31. The van der Waals surface area contributed by atoms with Gasteiger partial charge in [0.15, 0.2) is 0 Å². The van der Waals surface area contributed by atoms with Gasteiger partial charge in [0.2, 0.25) is 0 Å². The first-order valence-corrected chi connectivity index (χ1v) is 6.02. The number of nitrogens with one attached hydrogen (secondary N) is 1. The molecule has 8 heteroatoms. The molecule has 0 aliphatic heterocycles. The number of aliphatic hydroxyl groups excluding tert-OH is 2. The summed E-state index contributed by atoms with van der Waals surface area (Å²) in [4.78, 5) is 0. The maximum absolute atomic E-state index is 12.8. The highest BCUT2D eigenvalue weighted by Gasteiger charge is 2.34. The Bertz CT molecular complexity index is 466. The van der Waals surface area contributed by atoms with E-state index in [0.717, 1.165) is 6.07 Å². The van der Waals surface area contributed by atoms with Crippen LogP contribution in [0.1, 0.15) is 11.1 Å². The Labute approximate surface area is 117 Å². The van der Waals surface area contributed by atoms with Crippen LogP contribution in [0.5, 0.6) is 0 Å². The minimum Gasteiger partial charge on any atom is -0.394 e. The van der Waals surface area contributed by atoms with Gasteiger partial charge in [-0.3, -0.25) is 0 Å². The van der Waals surface area contributed by atoms with Gasteiger partial charge in [0.25, 0.3) is 0 Å². The molecule has 0 aliphatic carbocycles. The zero-order chi connectivity index (χ0) is 14.8. The summed E-state index contributed by atoms with van der Waals surface area (Å²) in [6.45, 7) is 0.587. The number of hydrogen-bond acceptors (Lipinski definition) is 3. The molecule has 0 aromatic heterocycles. The predicted octanol–water partition coefficient (Wildman–Crippen LogP) is 3.09. The van der Waals surface area contributed by atoms with Gasteiger partial charge in [0, 0.05) is 6.54 Å². The summed E-state index contributed by atoms with van der Waals surface area (Å²) in [6.07, 6.45) is -5.66. The first-order valence-electron chi connectivity index (χ1n) is 5.27. The van der Waals surface area contributed by atoms with E-state index in [0.29, 0.717) is 0 Å². The summed E-state index contributed by atoms with van der Waals surface area (Å²) in [7, 11) is 0. The van der Waals surface area contributed by atoms with Crippen LogP contribution in [-0.2, 0) is 6.18 Å². The third-order valence-corrected chi connectivity index (χ3v) is 3.30. The molecule has 3 nitrogen and oxygen atoms in total. The van der Waals surface area contributed by atoms with Crippen molar-refractivity contribution in [2.45, 2.75) is 19.2 Å². The Kier molecular flexibility index (Phi) is 5.32. The first-order chi connectivity index (χ1) is 8.68. The molecule has 0 fully saturated rings. The van der Waals surface area contributed by atoms with E-state index in [1.165, 1.54) is 6.92 Å². The van der Waals surface area contributed by atoms with Gasteiger partial charge in [-0.1, -0.05) is 23.2 Å². The number of anilines is 1. The Hall–Kier alpha value is -0.690. The van der Waals surface area contributed by atoms with E-state index in [9.17, 15) is 18.3 Å². The molecule has 3 N–H and O–H groups in total. The molecule has 0 bridgehead atoms. The number of rotatable bonds is 4. The highest BCUT2D eigenvalue weighted by molar-refractivity contribution is 6.43. The van der Waals surface area contributed by atoms with E-state index in [2.05, 4.69) is 5.32 Å². The van der Waals surface area contributed by atoms with Crippen molar-refractivity contribution in [1.29, 1.82) is 0 Å². The molecule has 0 spiro atoms. The molecule has 108 valence electrons. The van der Waals surface area contributed by atoms with Crippen LogP contribution in [0, 0.1) is 6.92 Å². The molecule has 1 aromatic rings. The van der Waals surface area contributed by atoms with Gasteiger partial charge in [0.05, 0.1) is 34.0 Å². The smallest absolute Gasteiger partial charge is 0.394 e. The molecular weight excluding hydrogens is 306 g/mol. The fourth-order valence-corrected chi connectivity index (χ4v) is 1.97. The summed E-state index contributed by atoms with van der Waals surface area (Å²) in [6, 6.07) is 0.757. The van der Waals surface area contributed by atoms with Crippen molar-refractivity contribution in [2.75, 3.05) is 18.5 Å². The fraction of sp³-hybridized carbons (Fsp3) is 0.455. The van der Waals surface area contributed by atoms with E-state index in [4.69, 9.17) is 28.3 Å². The summed E-state index contributed by atoms with van der Waals surface area (Å²) in [5.41, 5.74) is -1.02. The lowest BCUT2D eigenvalue weighted by Gasteiger charge is -2.19. The molecule has 19 heavy (non-hydrogen) atoms. The lowest BCUT2D eigenvalue weighted by atomic mass is 10.1. The SMILES string of the molecule is Cc1c(C(F)(F)F)cc(Cl)c(Cl)c1NCC(O)CO. The van der Waals surface area contributed by atoms with Crippen LogP contribution in [0.4, 0.5) is 18.9 Å². The normalized spacial score (nSPS) is 13.5. The second kappa shape index (κ2) is 6.17. The van der Waals surface area contributed by atoms with Gasteiger partial charge >= 0.3 is 6.18 Å². The van der Waals surface area contributed by atoms with Crippen molar-refractivity contribution in [1.82, 2.24) is 0 Å². The van der Waals surface area contributed by atoms with Gasteiger partial charge in [-0.2, -0.15) is 13.2 Å². The van der Waals surface area contributed by atoms with E-state index < -0.39 is 24.5 Å². The van der Waals surface area contributed by atoms with Crippen molar-refractivity contribution in [3.63, 3.8) is 0 Å². The van der Waals surface area contributed by atoms with Crippen LogP contribution >= 0.6 is 23.2 Å². The maximum Gasteiger partial charge on any atom is 0.416 e. The van der Waals surface area contributed by atoms with Crippen molar-refractivity contribution in [3.05, 3.63) is 27.2 Å². The van der Waals surface area contributed by atoms with Gasteiger partial charge in [-0.25, -0.2) is 0 Å². The standard InChI is InChI=1S/C11H12Cl2F3NO2/c1-5-7(11(14,15)16)2-8(12)9(13)10(5)17-3-6(19)4-18/h2,6,17-19H,3-4H2,1H3. The van der Waals surface area contributed by atoms with Crippen molar-refractivity contribution < 1.29 is 23.4 Å². The van der Waals surface area contributed by atoms with Crippen LogP contribution < -0.4 is 5.32 Å². The second-order valence-electron chi connectivity index (χ2n) is 3.93. The largest absolute Gasteiger partial charge is 0.416 e. The molecule has 1 atom stereocenters. The van der Waals surface area contributed by atoms with Gasteiger partial charge < -0.3 is 15.5 Å². The van der Waals surface area contributed by atoms with Crippen LogP contribution in [0.2, 0.25) is 10.0 Å². The molecule has 1 aromatic carbocycles. The van der Waals surface area contributed by atoms with Crippen LogP contribution in [0.3, 0.4) is 0 Å². The highest BCUT2D eigenvalue weighted by atomic mass is 35.5. The molecule has 1 unspecified atom stereocenters. The zero-order valence-corrected chi connectivity index (χ0v) is 11.4. The number of alkyl halides is 3. The first kappa shape index (κ1) is 16.4. The van der Waals surface area contributed by atoms with Crippen LogP contribution in [0.15, 0.2) is 6.07 Å². The maximum atomic E-state index is 12.8. The Morgan fingerprint density at radius 2 is 1.95 bits per heavy atom. The van der Waals surface area contributed by atoms with Crippen molar-refractivity contribution in [2.24, 2.45) is 0 Å². The molecule has 0 saturated carbocycles. The Morgan fingerprint density at radius 3 is 2.42 bits per heavy atom. The molecule has 0 radical (unpaired) electrons. The summed E-state index contributed by atoms with van der Waals surface area (Å²) < 4.78 is 38.4. The van der Waals surface area contributed by atoms with E-state index in [1.807, 2.05) is 0 Å². The van der Waals surface area contributed by atoms with Gasteiger partial charge in [0.1, 0.15) is 0 Å². The Balaban J connectivity index is 3.19. The van der Waals surface area contributed by atoms with Crippen molar-refractivity contribution in [3.8, 4) is 0 Å². The monoisotopic (exact) mass is 317 g/mol. The summed E-state index contributed by atoms with van der Waals surface area (Å²) >= 11 is 11.5. The highest BCUT2D eigenvalue weighted by Crippen LogP contribution is 2.41. The Morgan fingerprint density at radius 1 is 1.37 bits per heavy atom. The summed E-state index contributed by atoms with van der Waals surface area (Å²) in [5, 5.41) is 20.1. The average molecular weight is 318 g/mol. The minimum atomic E-state index is -4.55. The number of halogens is 5. The van der Waals surface area contributed by atoms with Crippen LogP contribution in [0.25, 0.3) is 0 Å². The lowest BCUT2D eigenvalue weighted by Crippen LogP contribution is -2.24. The molecule has 0 aliphatic rings. The second-order valence-corrected chi connectivity index (χ2v) is 4.72. The molecule has 0 heterocycles. The third-order valence-electron chi connectivity index (χ3n) is 2.51. The van der Waals surface area contributed by atoms with E-state index in [1.54, 1.807) is 0 Å².